The molecule has 2 N–H and O–H groups in total. The Morgan fingerprint density at radius 3 is 2.63 bits per heavy atom. The number of nitrogens with zero attached hydrogens (tertiary/aromatic N) is 3. The number of ether oxygens (including phenoxy) is 1. The molecule has 0 unspecified atom stereocenters. The van der Waals surface area contributed by atoms with Gasteiger partial charge in [0.2, 0.25) is 5.95 Å². The molecule has 0 bridgehead atoms. The summed E-state index contributed by atoms with van der Waals surface area (Å²) in [6.07, 6.45) is 0. The predicted molar refractivity (Wildman–Crippen MR) is 105 cm³/mol. The number of carbonyl (C=O) groups excluding carboxylic acids is 1. The van der Waals surface area contributed by atoms with Crippen LogP contribution in [0.2, 0.25) is 0 Å². The summed E-state index contributed by atoms with van der Waals surface area (Å²) in [4.78, 5) is 35.6. The third-order valence-electron chi connectivity index (χ3n) is 3.80. The fraction of sp³-hybridized carbons (Fsp3) is 0.333. The zero-order valence-electron chi connectivity index (χ0n) is 15.2. The molecule has 0 spiro atoms. The van der Waals surface area contributed by atoms with Crippen LogP contribution in [0.25, 0.3) is 11.2 Å². The van der Waals surface area contributed by atoms with E-state index in [2.05, 4.69) is 36.2 Å². The molecule has 0 atom stereocenters. The van der Waals surface area contributed by atoms with E-state index in [1.165, 1.54) is 4.57 Å². The molecule has 0 saturated heterocycles. The lowest BCUT2D eigenvalue weighted by Gasteiger charge is -2.17. The highest BCUT2D eigenvalue weighted by Gasteiger charge is 2.24. The van der Waals surface area contributed by atoms with Gasteiger partial charge in [0.15, 0.2) is 22.6 Å². The molecule has 0 aliphatic rings. The first-order chi connectivity index (χ1) is 12.8. The largest absolute Gasteiger partial charge is 0.443 e. The lowest BCUT2D eigenvalue weighted by atomic mass is 9.98. The van der Waals surface area contributed by atoms with Crippen LogP contribution in [0.15, 0.2) is 39.9 Å². The first-order valence-electron chi connectivity index (χ1n) is 8.37. The topological polar surface area (TPSA) is 102 Å². The number of anilines is 1. The van der Waals surface area contributed by atoms with E-state index in [1.54, 1.807) is 20.8 Å². The molecule has 0 saturated carbocycles. The number of nitrogens with one attached hydrogen (secondary N) is 2. The molecule has 0 radical (unpaired) electrons. The molecule has 142 valence electrons. The molecule has 0 aliphatic carbocycles. The van der Waals surface area contributed by atoms with E-state index < -0.39 is 5.41 Å². The highest BCUT2D eigenvalue weighted by Crippen LogP contribution is 2.20. The number of hydrogen-bond donors (Lipinski definition) is 2. The first-order valence-corrected chi connectivity index (χ1v) is 9.16. The van der Waals surface area contributed by atoms with Crippen LogP contribution < -0.4 is 10.9 Å². The van der Waals surface area contributed by atoms with Crippen molar-refractivity contribution in [3.05, 3.63) is 51.0 Å². The Labute approximate surface area is 164 Å². The second kappa shape index (κ2) is 7.51. The minimum Gasteiger partial charge on any atom is -0.443 e. The van der Waals surface area contributed by atoms with Crippen molar-refractivity contribution in [2.24, 2.45) is 5.41 Å². The van der Waals surface area contributed by atoms with E-state index in [9.17, 15) is 9.59 Å². The number of rotatable bonds is 5. The lowest BCUT2D eigenvalue weighted by Crippen LogP contribution is -2.24. The van der Waals surface area contributed by atoms with Gasteiger partial charge in [0.1, 0.15) is 0 Å². The summed E-state index contributed by atoms with van der Waals surface area (Å²) in [5.41, 5.74) is 0.531. The second-order valence-corrected chi connectivity index (χ2v) is 7.75. The maximum atomic E-state index is 12.3. The fourth-order valence-corrected chi connectivity index (χ4v) is 2.75. The minimum atomic E-state index is -0.629. The molecular weight excluding hydrogens is 414 g/mol. The number of H-pyrrole nitrogens is 1. The molecule has 3 aromatic rings. The van der Waals surface area contributed by atoms with Crippen LogP contribution in [0.3, 0.4) is 0 Å². The first kappa shape index (κ1) is 19.1. The maximum Gasteiger partial charge on any atom is 0.312 e. The van der Waals surface area contributed by atoms with E-state index in [0.29, 0.717) is 22.9 Å². The summed E-state index contributed by atoms with van der Waals surface area (Å²) < 4.78 is 7.22. The number of hydrogen-bond acceptors (Lipinski definition) is 6. The Hall–Kier alpha value is -2.68. The second-order valence-electron chi connectivity index (χ2n) is 7.05. The van der Waals surface area contributed by atoms with Crippen molar-refractivity contribution in [2.45, 2.75) is 34.0 Å². The Balaban J connectivity index is 1.86. The Morgan fingerprint density at radius 1 is 1.26 bits per heavy atom. The number of aromatic nitrogens is 4. The normalized spacial score (nSPS) is 11.6. The number of benzene rings is 1. The predicted octanol–water partition coefficient (Wildman–Crippen LogP) is 3.04. The van der Waals surface area contributed by atoms with Gasteiger partial charge in [0.05, 0.1) is 5.41 Å². The van der Waals surface area contributed by atoms with Gasteiger partial charge < -0.3 is 10.1 Å². The van der Waals surface area contributed by atoms with Crippen molar-refractivity contribution < 1.29 is 9.53 Å². The minimum absolute atomic E-state index is 0.0955. The maximum absolute atomic E-state index is 12.3. The Kier molecular flexibility index (Phi) is 5.31. The number of imidazole rings is 1. The van der Waals surface area contributed by atoms with Crippen molar-refractivity contribution in [2.75, 3.05) is 5.32 Å². The summed E-state index contributed by atoms with van der Waals surface area (Å²) in [5.74, 6) is -0.0457. The van der Waals surface area contributed by atoms with Crippen LogP contribution in [0.4, 0.5) is 5.95 Å². The fourth-order valence-electron chi connectivity index (χ4n) is 2.30. The molecule has 2 heterocycles. The van der Waals surface area contributed by atoms with Crippen molar-refractivity contribution in [1.29, 1.82) is 0 Å². The lowest BCUT2D eigenvalue weighted by molar-refractivity contribution is -0.156. The van der Waals surface area contributed by atoms with Crippen LogP contribution in [-0.4, -0.2) is 25.5 Å². The summed E-state index contributed by atoms with van der Waals surface area (Å²) >= 11 is 3.29. The van der Waals surface area contributed by atoms with Gasteiger partial charge in [-0.1, -0.05) is 30.3 Å². The van der Waals surface area contributed by atoms with E-state index in [4.69, 9.17) is 4.74 Å². The third kappa shape index (κ3) is 4.36. The summed E-state index contributed by atoms with van der Waals surface area (Å²) in [5, 5.41) is 3.09. The van der Waals surface area contributed by atoms with E-state index in [1.807, 2.05) is 30.3 Å². The average molecular weight is 434 g/mol. The SMILES string of the molecule is CC(C)(C)C(=O)OCn1c(Br)nc2c(=O)[nH]c(NCc3ccccc3)nc21. The van der Waals surface area contributed by atoms with Gasteiger partial charge in [-0.05, 0) is 42.3 Å². The van der Waals surface area contributed by atoms with Gasteiger partial charge in [0, 0.05) is 6.54 Å². The molecule has 0 aliphatic heterocycles. The Morgan fingerprint density at radius 2 is 1.96 bits per heavy atom. The quantitative estimate of drug-likeness (QED) is 0.473. The van der Waals surface area contributed by atoms with Crippen molar-refractivity contribution in [3.8, 4) is 0 Å². The molecule has 9 heteroatoms. The van der Waals surface area contributed by atoms with E-state index in [0.717, 1.165) is 5.56 Å². The van der Waals surface area contributed by atoms with Crippen LogP contribution in [0, 0.1) is 5.41 Å². The van der Waals surface area contributed by atoms with Gasteiger partial charge in [-0.25, -0.2) is 4.98 Å². The number of aromatic amines is 1. The molecule has 2 aromatic heterocycles. The molecule has 3 rings (SSSR count). The molecule has 8 nitrogen and oxygen atoms in total. The van der Waals surface area contributed by atoms with Gasteiger partial charge in [-0.2, -0.15) is 4.98 Å². The van der Waals surface area contributed by atoms with Gasteiger partial charge in [0.25, 0.3) is 5.56 Å². The summed E-state index contributed by atoms with van der Waals surface area (Å²) in [6, 6.07) is 9.75. The van der Waals surface area contributed by atoms with Gasteiger partial charge in [-0.3, -0.25) is 19.1 Å². The van der Waals surface area contributed by atoms with Crippen molar-refractivity contribution in [1.82, 2.24) is 19.5 Å². The van der Waals surface area contributed by atoms with Crippen LogP contribution in [0.5, 0.6) is 0 Å². The third-order valence-corrected chi connectivity index (χ3v) is 4.40. The monoisotopic (exact) mass is 433 g/mol. The molecule has 27 heavy (non-hydrogen) atoms. The molecule has 0 fully saturated rings. The van der Waals surface area contributed by atoms with Crippen LogP contribution >= 0.6 is 15.9 Å². The van der Waals surface area contributed by atoms with Crippen molar-refractivity contribution >= 4 is 39.0 Å². The smallest absolute Gasteiger partial charge is 0.312 e. The standard InChI is InChI=1S/C18H20BrN5O3/c1-18(2,3)15(26)27-10-24-13-12(21-16(24)19)14(25)23-17(22-13)20-9-11-7-5-4-6-8-11/h4-8H,9-10H2,1-3H3,(H2,20,22,23,25). The number of esters is 1. The summed E-state index contributed by atoms with van der Waals surface area (Å²) in [7, 11) is 0. The number of halogens is 1. The van der Waals surface area contributed by atoms with E-state index >= 15 is 0 Å². The van der Waals surface area contributed by atoms with Gasteiger partial charge in [-0.15, -0.1) is 0 Å². The summed E-state index contributed by atoms with van der Waals surface area (Å²) in [6.45, 7) is 5.71. The average Bonchev–Trinajstić information content (AvgIpc) is 2.94. The molecule has 1 aromatic carbocycles. The van der Waals surface area contributed by atoms with Crippen LogP contribution in [-0.2, 0) is 22.8 Å². The van der Waals surface area contributed by atoms with Crippen molar-refractivity contribution in [3.63, 3.8) is 0 Å². The number of fused-ring (bicyclic) bond motifs is 1. The van der Waals surface area contributed by atoms with E-state index in [-0.39, 0.29) is 23.8 Å². The van der Waals surface area contributed by atoms with Gasteiger partial charge >= 0.3 is 5.97 Å². The van der Waals surface area contributed by atoms with Crippen LogP contribution in [0.1, 0.15) is 26.3 Å². The zero-order chi connectivity index (χ0) is 19.6. The molecular formula is C18H20BrN5O3. The zero-order valence-corrected chi connectivity index (χ0v) is 16.8. The number of carbonyl (C=O) groups is 1. The highest BCUT2D eigenvalue weighted by molar-refractivity contribution is 9.10. The molecule has 0 amide bonds. The highest BCUT2D eigenvalue weighted by atomic mass is 79.9. The Bertz CT molecular complexity index is 1020.